The van der Waals surface area contributed by atoms with Gasteiger partial charge in [-0.15, -0.1) is 0 Å². The molecular formula is C30H27F2N3O5. The number of methoxy groups -OCH3 is 2. The Hall–Kier alpha value is -4.28. The van der Waals surface area contributed by atoms with Crippen LogP contribution in [0.25, 0.3) is 38.6 Å². The number of hydrogen-bond donors (Lipinski definition) is 3. The molecule has 3 aromatic carbocycles. The maximum absolute atomic E-state index is 17.0. The highest BCUT2D eigenvalue weighted by Gasteiger charge is 2.46. The summed E-state index contributed by atoms with van der Waals surface area (Å²) in [6.45, 7) is 0. The van der Waals surface area contributed by atoms with Crippen LogP contribution in [0.3, 0.4) is 0 Å². The van der Waals surface area contributed by atoms with E-state index >= 15 is 8.78 Å². The van der Waals surface area contributed by atoms with Crippen LogP contribution >= 0.6 is 0 Å². The number of aromatic nitrogens is 3. The van der Waals surface area contributed by atoms with Crippen LogP contribution in [0.4, 0.5) is 8.78 Å². The minimum atomic E-state index is -4.47. The number of nitrogens with zero attached hydrogens (tertiary/aromatic N) is 2. The van der Waals surface area contributed by atoms with Crippen LogP contribution in [0, 0.1) is 11.6 Å². The molecular weight excluding hydrogens is 520 g/mol. The average Bonchev–Trinajstić information content (AvgIpc) is 3.67. The molecule has 1 aliphatic rings. The van der Waals surface area contributed by atoms with Crippen LogP contribution in [0.5, 0.6) is 5.75 Å². The number of halogens is 2. The minimum absolute atomic E-state index is 0.0410. The standard InChI is InChI=1S/C30H27F2N3O5/c1-39-22-14-19(10-11-20(22)31)35-21-13-18-15-33-34-27(18)26(32)25(21)24(16-6-8-17(9-7-16)29(36)37)28(35)30(38)12-4-3-5-23(30)40-2/h6-11,13-15,23,38H,3-5,12H2,1-2H3,(H,33,34)(H,36,37)/i1D3,2D3,3D2,4D2,5D2,12D2,23D. The molecule has 1 fully saturated rings. The van der Waals surface area contributed by atoms with Crippen LogP contribution < -0.4 is 4.74 Å². The summed E-state index contributed by atoms with van der Waals surface area (Å²) in [6.07, 6.45) is -20.5. The summed E-state index contributed by atoms with van der Waals surface area (Å²) in [5.74, 6) is -5.01. The number of fused-ring (bicyclic) bond motifs is 2. The zero-order chi connectivity index (χ0) is 41.3. The highest BCUT2D eigenvalue weighted by atomic mass is 19.1. The Morgan fingerprint density at radius 1 is 1.23 bits per heavy atom. The molecule has 2 atom stereocenters. The van der Waals surface area contributed by atoms with E-state index in [-0.39, 0.29) is 22.0 Å². The molecule has 206 valence electrons. The van der Waals surface area contributed by atoms with Gasteiger partial charge in [-0.1, -0.05) is 18.5 Å². The number of carboxylic acids is 1. The maximum Gasteiger partial charge on any atom is 0.335 e. The van der Waals surface area contributed by atoms with E-state index in [0.29, 0.717) is 16.7 Å². The van der Waals surface area contributed by atoms with Crippen molar-refractivity contribution in [3.8, 4) is 22.6 Å². The number of aromatic carboxylic acids is 1. The van der Waals surface area contributed by atoms with Crippen molar-refractivity contribution in [3.63, 3.8) is 0 Å². The summed E-state index contributed by atoms with van der Waals surface area (Å²) in [5, 5.41) is 28.2. The van der Waals surface area contributed by atoms with Crippen molar-refractivity contribution in [2.24, 2.45) is 0 Å². The molecule has 1 saturated carbocycles. The van der Waals surface area contributed by atoms with Gasteiger partial charge >= 0.3 is 5.97 Å². The van der Waals surface area contributed by atoms with E-state index in [1.165, 1.54) is 0 Å². The van der Waals surface area contributed by atoms with Crippen molar-refractivity contribution in [2.45, 2.75) is 37.2 Å². The van der Waals surface area contributed by atoms with Gasteiger partial charge in [-0.25, -0.2) is 13.6 Å². The zero-order valence-corrected chi connectivity index (χ0v) is 20.0. The van der Waals surface area contributed by atoms with Crippen LogP contribution in [0.1, 0.15) is 62.1 Å². The lowest BCUT2D eigenvalue weighted by Crippen LogP contribution is -2.45. The molecule has 3 N–H and O–H groups in total. The van der Waals surface area contributed by atoms with Crippen molar-refractivity contribution in [3.05, 3.63) is 77.6 Å². The second-order valence-corrected chi connectivity index (χ2v) is 8.72. The van der Waals surface area contributed by atoms with Crippen LogP contribution in [-0.4, -0.2) is 51.1 Å². The normalized spacial score (nSPS) is 32.4. The third-order valence-corrected chi connectivity index (χ3v) is 6.57. The molecule has 10 heteroatoms. The van der Waals surface area contributed by atoms with Gasteiger partial charge in [0.15, 0.2) is 17.4 Å². The molecule has 40 heavy (non-hydrogen) atoms. The van der Waals surface area contributed by atoms with Gasteiger partial charge in [0.1, 0.15) is 11.1 Å². The first-order chi connectivity index (χ1) is 25.0. The predicted molar refractivity (Wildman–Crippen MR) is 145 cm³/mol. The minimum Gasteiger partial charge on any atom is -0.494 e. The first kappa shape index (κ1) is 13.9. The van der Waals surface area contributed by atoms with Gasteiger partial charge in [-0.3, -0.25) is 5.10 Å². The summed E-state index contributed by atoms with van der Waals surface area (Å²) in [7, 11) is -7.27. The lowest BCUT2D eigenvalue weighted by Gasteiger charge is -2.40. The Labute approximate surface area is 248 Å². The van der Waals surface area contributed by atoms with Gasteiger partial charge in [-0.05, 0) is 55.0 Å². The summed E-state index contributed by atoms with van der Waals surface area (Å²) in [4.78, 5) is 11.8. The van der Waals surface area contributed by atoms with E-state index in [1.54, 1.807) is 0 Å². The topological polar surface area (TPSA) is 110 Å². The van der Waals surface area contributed by atoms with E-state index in [1.807, 2.05) is 0 Å². The second kappa shape index (κ2) is 9.72. The predicted octanol–water partition coefficient (Wildman–Crippen LogP) is 5.94. The Morgan fingerprint density at radius 3 is 2.80 bits per heavy atom. The zero-order valence-electron chi connectivity index (χ0n) is 35.0. The average molecular weight is 563 g/mol. The number of ether oxygens (including phenoxy) is 2. The van der Waals surface area contributed by atoms with Gasteiger partial charge in [0.2, 0.25) is 0 Å². The van der Waals surface area contributed by atoms with Crippen LogP contribution in [-0.2, 0) is 10.3 Å². The Kier molecular flexibility index (Phi) is 3.37. The number of hydrogen-bond acceptors (Lipinski definition) is 5. The number of carboxylic acid groups (broad SMARTS) is 1. The van der Waals surface area contributed by atoms with Crippen molar-refractivity contribution in [1.82, 2.24) is 14.8 Å². The molecule has 0 amide bonds. The molecule has 0 spiro atoms. The summed E-state index contributed by atoms with van der Waals surface area (Å²) in [6, 6.07) is 7.27. The number of aromatic amines is 1. The van der Waals surface area contributed by atoms with E-state index in [0.717, 1.165) is 42.6 Å². The molecule has 0 bridgehead atoms. The summed E-state index contributed by atoms with van der Waals surface area (Å²) in [5.41, 5.74) is -8.58. The third-order valence-electron chi connectivity index (χ3n) is 6.57. The Morgan fingerprint density at radius 2 is 2.05 bits per heavy atom. The molecule has 8 nitrogen and oxygen atoms in total. The quantitative estimate of drug-likeness (QED) is 0.237. The van der Waals surface area contributed by atoms with E-state index < -0.39 is 102 Å². The van der Waals surface area contributed by atoms with E-state index in [4.69, 9.17) is 28.7 Å². The van der Waals surface area contributed by atoms with Gasteiger partial charge in [-0.2, -0.15) is 5.10 Å². The van der Waals surface area contributed by atoms with Gasteiger partial charge in [0.25, 0.3) is 0 Å². The molecule has 2 unspecified atom stereocenters. The number of carbonyl (C=O) groups is 1. The monoisotopic (exact) mass is 562 g/mol. The third kappa shape index (κ3) is 3.86. The fourth-order valence-electron chi connectivity index (χ4n) is 4.81. The number of aliphatic hydroxyl groups is 1. The lowest BCUT2D eigenvalue weighted by molar-refractivity contribution is -0.125. The molecule has 0 radical (unpaired) electrons. The number of nitrogens with one attached hydrogen (secondary N) is 1. The smallest absolute Gasteiger partial charge is 0.335 e. The molecule has 5 aromatic rings. The highest BCUT2D eigenvalue weighted by Crippen LogP contribution is 2.49. The molecule has 0 aliphatic heterocycles. The molecule has 6 rings (SSSR count). The number of H-pyrrole nitrogens is 1. The van der Waals surface area contributed by atoms with Gasteiger partial charge in [0.05, 0.1) is 45.7 Å². The molecule has 2 heterocycles. The van der Waals surface area contributed by atoms with Crippen LogP contribution in [0.2, 0.25) is 0 Å². The van der Waals surface area contributed by atoms with E-state index in [2.05, 4.69) is 10.2 Å². The van der Waals surface area contributed by atoms with Crippen molar-refractivity contribution >= 4 is 27.8 Å². The van der Waals surface area contributed by atoms with E-state index in [9.17, 15) is 16.4 Å². The maximum atomic E-state index is 17.0. The fraction of sp³-hybridized carbons (Fsp3) is 0.267. The molecule has 1 aliphatic carbocycles. The SMILES string of the molecule is [2H]C([2H])([2H])Oc1cc(-n2c(C3(O)C([2H])([2H])C([2H])([2H])C([2H])([2H])C([2H])([2H])C3([2H])OC([2H])([2H])[2H])c(-c3ccc(C(=O)O)cc3)c3c(F)c4[nH]ncc4cc32)ccc1F. The lowest BCUT2D eigenvalue weighted by atomic mass is 9.77. The summed E-state index contributed by atoms with van der Waals surface area (Å²) < 4.78 is 168. The Balaban J connectivity index is 1.95. The van der Waals surface area contributed by atoms with Gasteiger partial charge in [0, 0.05) is 46.1 Å². The Bertz CT molecular complexity index is 2380. The number of benzene rings is 3. The molecule has 2 aromatic heterocycles. The summed E-state index contributed by atoms with van der Waals surface area (Å²) >= 11 is 0. The van der Waals surface area contributed by atoms with Crippen LogP contribution in [0.15, 0.2) is 54.7 Å². The van der Waals surface area contributed by atoms with Crippen molar-refractivity contribution < 1.29 is 53.8 Å². The van der Waals surface area contributed by atoms with Gasteiger partial charge < -0.3 is 24.3 Å². The fourth-order valence-corrected chi connectivity index (χ4v) is 4.81. The first-order valence-electron chi connectivity index (χ1n) is 18.9. The highest BCUT2D eigenvalue weighted by molar-refractivity contribution is 6.06. The van der Waals surface area contributed by atoms with Crippen molar-refractivity contribution in [1.29, 1.82) is 0 Å². The number of rotatable bonds is 6. The second-order valence-electron chi connectivity index (χ2n) is 8.72. The van der Waals surface area contributed by atoms with Crippen molar-refractivity contribution in [2.75, 3.05) is 14.1 Å². The molecule has 0 saturated heterocycles. The first-order valence-corrected chi connectivity index (χ1v) is 11.4. The largest absolute Gasteiger partial charge is 0.494 e.